The quantitative estimate of drug-likeness (QED) is 0.248. The van der Waals surface area contributed by atoms with Crippen LogP contribution in [0.4, 0.5) is 10.1 Å². The molecule has 2 heterocycles. The molecule has 7 nitrogen and oxygen atoms in total. The van der Waals surface area contributed by atoms with Crippen LogP contribution in [-0.2, 0) is 19.2 Å². The summed E-state index contributed by atoms with van der Waals surface area (Å²) in [6.45, 7) is 1.77. The summed E-state index contributed by atoms with van der Waals surface area (Å²) in [6.07, 6.45) is 7.22. The van der Waals surface area contributed by atoms with Gasteiger partial charge >= 0.3 is 0 Å². The number of rotatable bonds is 3. The van der Waals surface area contributed by atoms with E-state index in [-0.39, 0.29) is 40.7 Å². The van der Waals surface area contributed by atoms with Gasteiger partial charge in [-0.15, -0.1) is 0 Å². The summed E-state index contributed by atoms with van der Waals surface area (Å²) in [5.41, 5.74) is 0.173. The van der Waals surface area contributed by atoms with Crippen molar-refractivity contribution < 1.29 is 28.7 Å². The molecule has 236 valence electrons. The zero-order chi connectivity index (χ0) is 32.1. The van der Waals surface area contributed by atoms with Gasteiger partial charge in [0.2, 0.25) is 23.6 Å². The summed E-state index contributed by atoms with van der Waals surface area (Å²) in [7, 11) is 0. The van der Waals surface area contributed by atoms with Crippen molar-refractivity contribution >= 4 is 51.7 Å². The number of halogens is 2. The molecule has 3 aromatic rings. The van der Waals surface area contributed by atoms with Crippen LogP contribution < -0.4 is 4.90 Å². The minimum absolute atomic E-state index is 0.00599. The van der Waals surface area contributed by atoms with Gasteiger partial charge in [0.1, 0.15) is 11.6 Å². The van der Waals surface area contributed by atoms with Crippen LogP contribution in [0, 0.1) is 34.9 Å². The van der Waals surface area contributed by atoms with Crippen molar-refractivity contribution in [3.8, 4) is 5.75 Å². The minimum Gasteiger partial charge on any atom is -0.508 e. The highest BCUT2D eigenvalue weighted by Crippen LogP contribution is 2.65. The van der Waals surface area contributed by atoms with E-state index in [4.69, 9.17) is 11.6 Å². The van der Waals surface area contributed by atoms with E-state index in [1.165, 1.54) is 17.0 Å². The Morgan fingerprint density at radius 2 is 1.67 bits per heavy atom. The number of phenols is 1. The van der Waals surface area contributed by atoms with Crippen molar-refractivity contribution in [2.75, 3.05) is 4.90 Å². The molecule has 6 atom stereocenters. The number of hydrogen-bond donors (Lipinski definition) is 1. The van der Waals surface area contributed by atoms with Crippen molar-refractivity contribution in [3.05, 3.63) is 82.6 Å². The Morgan fingerprint density at radius 1 is 0.913 bits per heavy atom. The van der Waals surface area contributed by atoms with Crippen LogP contribution in [0.5, 0.6) is 5.75 Å². The molecule has 2 aliphatic heterocycles. The Kier molecular flexibility index (Phi) is 6.70. The van der Waals surface area contributed by atoms with Gasteiger partial charge in [0, 0.05) is 17.5 Å². The zero-order valence-corrected chi connectivity index (χ0v) is 26.2. The fourth-order valence-corrected chi connectivity index (χ4v) is 9.68. The lowest BCUT2D eigenvalue weighted by atomic mass is 9.51. The molecule has 8 rings (SSSR count). The van der Waals surface area contributed by atoms with Crippen molar-refractivity contribution in [3.63, 3.8) is 0 Å². The first-order chi connectivity index (χ1) is 22.1. The van der Waals surface area contributed by atoms with Crippen molar-refractivity contribution in [1.29, 1.82) is 0 Å². The maximum atomic E-state index is 14.7. The molecule has 2 saturated heterocycles. The second-order valence-corrected chi connectivity index (χ2v) is 14.2. The van der Waals surface area contributed by atoms with Crippen LogP contribution in [0.2, 0.25) is 5.02 Å². The fourth-order valence-electron chi connectivity index (χ4n) is 9.50. The number of hydrogen-bond acceptors (Lipinski definition) is 5. The number of fused-ring (bicyclic) bond motifs is 5. The predicted octanol–water partition coefficient (Wildman–Crippen LogP) is 6.90. The molecule has 4 amide bonds. The molecule has 0 spiro atoms. The van der Waals surface area contributed by atoms with Crippen molar-refractivity contribution in [2.45, 2.75) is 63.8 Å². The monoisotopic (exact) mass is 640 g/mol. The molecule has 4 fully saturated rings. The number of aromatic hydroxyl groups is 1. The molecule has 0 bridgehead atoms. The van der Waals surface area contributed by atoms with Crippen molar-refractivity contribution in [2.24, 2.45) is 29.1 Å². The van der Waals surface area contributed by atoms with Gasteiger partial charge in [0.25, 0.3) is 0 Å². The lowest BCUT2D eigenvalue weighted by molar-refractivity contribution is -0.144. The number of imide groups is 2. The molecule has 5 aliphatic rings. The molecular weight excluding hydrogens is 607 g/mol. The Balaban J connectivity index is 1.31. The highest BCUT2D eigenvalue weighted by molar-refractivity contribution is 6.31. The molecule has 3 aromatic carbocycles. The van der Waals surface area contributed by atoms with Gasteiger partial charge in [-0.1, -0.05) is 72.8 Å². The number of amides is 4. The maximum Gasteiger partial charge on any atom is 0.241 e. The number of carbonyl (C=O) groups is 4. The standard InChI is InChI=1S/C37H34ClFN2O5/c1-37-26(34(44)41(36(37)46)21-12-15-28(39)27(38)17-21)18-25-23(32(37)31-22-10-6-5-7-19(22)11-16-29(31)42)13-14-24-30(25)35(45)40(33(24)43)20-8-3-2-4-9-20/h5-7,10-13,15-17,20,24-26,30,32,42H,2-4,8-9,14,18H2,1H3. The smallest absolute Gasteiger partial charge is 0.241 e. The average Bonchev–Trinajstić information content (AvgIpc) is 3.43. The minimum atomic E-state index is -1.34. The van der Waals surface area contributed by atoms with Gasteiger partial charge in [-0.2, -0.15) is 0 Å². The fraction of sp³-hybridized carbons (Fsp3) is 0.405. The van der Waals surface area contributed by atoms with Crippen LogP contribution in [0.15, 0.2) is 66.2 Å². The first-order valence-corrected chi connectivity index (χ1v) is 16.6. The number of allylic oxidation sites excluding steroid dienone is 2. The topological polar surface area (TPSA) is 95.0 Å². The van der Waals surface area contributed by atoms with E-state index in [9.17, 15) is 28.7 Å². The van der Waals surface area contributed by atoms with Gasteiger partial charge in [0.15, 0.2) is 0 Å². The van der Waals surface area contributed by atoms with E-state index in [0.29, 0.717) is 12.0 Å². The Labute approximate surface area is 271 Å². The summed E-state index contributed by atoms with van der Waals surface area (Å²) in [5, 5.41) is 13.0. The van der Waals surface area contributed by atoms with E-state index in [0.717, 1.165) is 59.4 Å². The third kappa shape index (κ3) is 3.95. The average molecular weight is 641 g/mol. The van der Waals surface area contributed by atoms with Crippen LogP contribution >= 0.6 is 11.6 Å². The van der Waals surface area contributed by atoms with Gasteiger partial charge in [-0.25, -0.2) is 9.29 Å². The van der Waals surface area contributed by atoms with E-state index in [2.05, 4.69) is 0 Å². The third-order valence-electron chi connectivity index (χ3n) is 11.6. The molecule has 3 aliphatic carbocycles. The third-order valence-corrected chi connectivity index (χ3v) is 11.9. The zero-order valence-electron chi connectivity index (χ0n) is 25.4. The largest absolute Gasteiger partial charge is 0.508 e. The summed E-state index contributed by atoms with van der Waals surface area (Å²) in [6, 6.07) is 14.7. The van der Waals surface area contributed by atoms with E-state index >= 15 is 0 Å². The number of likely N-dealkylation sites (tertiary alicyclic amines) is 1. The van der Waals surface area contributed by atoms with Crippen LogP contribution in [0.3, 0.4) is 0 Å². The second-order valence-electron chi connectivity index (χ2n) is 13.8. The molecule has 1 N–H and O–H groups in total. The predicted molar refractivity (Wildman–Crippen MR) is 170 cm³/mol. The summed E-state index contributed by atoms with van der Waals surface area (Å²) in [5.74, 6) is -5.17. The van der Waals surface area contributed by atoms with E-state index in [1.807, 2.05) is 36.4 Å². The van der Waals surface area contributed by atoms with Crippen LogP contribution in [0.25, 0.3) is 10.8 Å². The summed E-state index contributed by atoms with van der Waals surface area (Å²) < 4.78 is 14.2. The van der Waals surface area contributed by atoms with Gasteiger partial charge in [-0.05, 0) is 73.6 Å². The summed E-state index contributed by atoms with van der Waals surface area (Å²) >= 11 is 6.11. The summed E-state index contributed by atoms with van der Waals surface area (Å²) in [4.78, 5) is 59.9. The highest BCUT2D eigenvalue weighted by atomic mass is 35.5. The second kappa shape index (κ2) is 10.5. The molecule has 0 radical (unpaired) electrons. The molecule has 2 saturated carbocycles. The normalized spacial score (nSPS) is 31.3. The Morgan fingerprint density at radius 3 is 2.43 bits per heavy atom. The van der Waals surface area contributed by atoms with Gasteiger partial charge in [-0.3, -0.25) is 24.1 Å². The van der Waals surface area contributed by atoms with E-state index in [1.54, 1.807) is 13.0 Å². The first kappa shape index (κ1) is 29.4. The van der Waals surface area contributed by atoms with Gasteiger partial charge in [0.05, 0.1) is 33.9 Å². The lowest BCUT2D eigenvalue weighted by Crippen LogP contribution is -2.49. The number of phenolic OH excluding ortho intramolecular Hbond substituents is 1. The molecule has 46 heavy (non-hydrogen) atoms. The van der Waals surface area contributed by atoms with E-state index < -0.39 is 52.6 Å². The molecule has 9 heteroatoms. The molecule has 0 aromatic heterocycles. The highest BCUT2D eigenvalue weighted by Gasteiger charge is 2.68. The number of benzene rings is 3. The Hall–Kier alpha value is -4.04. The maximum absolute atomic E-state index is 14.7. The number of anilines is 1. The van der Waals surface area contributed by atoms with Gasteiger partial charge < -0.3 is 5.11 Å². The van der Waals surface area contributed by atoms with Crippen LogP contribution in [0.1, 0.15) is 63.4 Å². The molecular formula is C37H34ClFN2O5. The number of carbonyl (C=O) groups excluding carboxylic acids is 4. The van der Waals surface area contributed by atoms with Crippen LogP contribution in [-0.4, -0.2) is 39.7 Å². The SMILES string of the molecule is CC12C(=O)N(c3ccc(F)c(Cl)c3)C(=O)C1CC1C(=CCC3C(=O)N(C4CCCCC4)C(=O)C31)C2c1c(O)ccc2ccccc12. The Bertz CT molecular complexity index is 1880. The lowest BCUT2D eigenvalue weighted by Gasteiger charge is -2.49. The molecule has 6 unspecified atom stereocenters. The van der Waals surface area contributed by atoms with Crippen molar-refractivity contribution in [1.82, 2.24) is 4.90 Å². The first-order valence-electron chi connectivity index (χ1n) is 16.2. The number of nitrogens with zero attached hydrogens (tertiary/aromatic N) is 2.